The summed E-state index contributed by atoms with van der Waals surface area (Å²) in [4.78, 5) is 12.3. The van der Waals surface area contributed by atoms with Crippen LogP contribution in [0.15, 0.2) is 53.4 Å². The molecule has 0 bridgehead atoms. The minimum atomic E-state index is -3.73. The van der Waals surface area contributed by atoms with Crippen molar-refractivity contribution in [2.45, 2.75) is 31.7 Å². The van der Waals surface area contributed by atoms with Gasteiger partial charge in [0.2, 0.25) is 15.9 Å². The highest BCUT2D eigenvalue weighted by atomic mass is 32.2. The Labute approximate surface area is 136 Å². The molecule has 0 aliphatic heterocycles. The Hall–Kier alpha value is -2.18. The van der Waals surface area contributed by atoms with E-state index < -0.39 is 22.0 Å². The third kappa shape index (κ3) is 4.40. The molecule has 0 saturated carbocycles. The third-order valence-electron chi connectivity index (χ3n) is 3.46. The summed E-state index contributed by atoms with van der Waals surface area (Å²) in [7, 11) is -3.73. The van der Waals surface area contributed by atoms with Gasteiger partial charge in [-0.25, -0.2) is 8.42 Å². The quantitative estimate of drug-likeness (QED) is 0.884. The molecule has 2 N–H and O–H groups in total. The van der Waals surface area contributed by atoms with Crippen molar-refractivity contribution < 1.29 is 13.2 Å². The number of nitrogens with one attached hydrogen (secondary N) is 2. The van der Waals surface area contributed by atoms with Crippen molar-refractivity contribution >= 4 is 21.6 Å². The SMILES string of the molecule is Cc1ccc(S(=O)(=O)N[C@@H](C)C(=O)Nc2ccccc2C)cc1. The van der Waals surface area contributed by atoms with Crippen molar-refractivity contribution in [3.05, 3.63) is 59.7 Å². The average molecular weight is 332 g/mol. The summed E-state index contributed by atoms with van der Waals surface area (Å²) in [5.74, 6) is -0.407. The first-order chi connectivity index (χ1) is 10.8. The molecule has 0 unspecified atom stereocenters. The molecule has 0 aliphatic carbocycles. The van der Waals surface area contributed by atoms with Crippen LogP contribution >= 0.6 is 0 Å². The van der Waals surface area contributed by atoms with Crippen LogP contribution in [0.5, 0.6) is 0 Å². The predicted octanol–water partition coefficient (Wildman–Crippen LogP) is 2.61. The first-order valence-corrected chi connectivity index (χ1v) is 8.73. The lowest BCUT2D eigenvalue weighted by molar-refractivity contribution is -0.117. The highest BCUT2D eigenvalue weighted by Crippen LogP contribution is 2.14. The lowest BCUT2D eigenvalue weighted by atomic mass is 10.2. The molecule has 0 spiro atoms. The zero-order valence-corrected chi connectivity index (χ0v) is 14.1. The largest absolute Gasteiger partial charge is 0.324 e. The fourth-order valence-corrected chi connectivity index (χ4v) is 3.23. The molecule has 2 aromatic rings. The summed E-state index contributed by atoms with van der Waals surface area (Å²) >= 11 is 0. The fraction of sp³-hybridized carbons (Fsp3) is 0.235. The van der Waals surface area contributed by atoms with E-state index in [-0.39, 0.29) is 4.90 Å². The lowest BCUT2D eigenvalue weighted by Gasteiger charge is -2.15. The maximum atomic E-state index is 12.3. The van der Waals surface area contributed by atoms with Gasteiger partial charge in [0.1, 0.15) is 0 Å². The van der Waals surface area contributed by atoms with E-state index >= 15 is 0 Å². The van der Waals surface area contributed by atoms with E-state index in [1.165, 1.54) is 19.1 Å². The minimum absolute atomic E-state index is 0.138. The summed E-state index contributed by atoms with van der Waals surface area (Å²) in [6, 6.07) is 12.9. The molecule has 0 radical (unpaired) electrons. The molecular formula is C17H20N2O3S. The van der Waals surface area contributed by atoms with Crippen LogP contribution in [0.1, 0.15) is 18.1 Å². The second kappa shape index (κ2) is 6.93. The highest BCUT2D eigenvalue weighted by Gasteiger charge is 2.22. The van der Waals surface area contributed by atoms with Crippen molar-refractivity contribution in [3.8, 4) is 0 Å². The summed E-state index contributed by atoms with van der Waals surface area (Å²) < 4.78 is 27.0. The molecule has 6 heteroatoms. The number of benzene rings is 2. The van der Waals surface area contributed by atoms with E-state index in [9.17, 15) is 13.2 Å². The molecule has 0 heterocycles. The Bertz CT molecular complexity index is 799. The molecule has 0 aromatic heterocycles. The van der Waals surface area contributed by atoms with Crippen LogP contribution in [0.3, 0.4) is 0 Å². The Balaban J connectivity index is 2.08. The zero-order valence-electron chi connectivity index (χ0n) is 13.3. The van der Waals surface area contributed by atoms with Crippen LogP contribution in [-0.2, 0) is 14.8 Å². The molecule has 2 aromatic carbocycles. The molecule has 23 heavy (non-hydrogen) atoms. The molecule has 0 saturated heterocycles. The van der Waals surface area contributed by atoms with E-state index in [0.29, 0.717) is 5.69 Å². The van der Waals surface area contributed by atoms with Crippen LogP contribution in [0.2, 0.25) is 0 Å². The van der Waals surface area contributed by atoms with Crippen molar-refractivity contribution in [2.24, 2.45) is 0 Å². The second-order valence-electron chi connectivity index (χ2n) is 5.46. The standard InChI is InChI=1S/C17H20N2O3S/c1-12-8-10-15(11-9-12)23(21,22)19-14(3)17(20)18-16-7-5-4-6-13(16)2/h4-11,14,19H,1-3H3,(H,18,20)/t14-/m0/s1. The van der Waals surface area contributed by atoms with Crippen LogP contribution in [0.25, 0.3) is 0 Å². The first kappa shape index (κ1) is 17.2. The number of rotatable bonds is 5. The summed E-state index contributed by atoms with van der Waals surface area (Å²) in [5, 5.41) is 2.73. The van der Waals surface area contributed by atoms with Gasteiger partial charge in [0.05, 0.1) is 10.9 Å². The number of hydrogen-bond acceptors (Lipinski definition) is 3. The molecular weight excluding hydrogens is 312 g/mol. The van der Waals surface area contributed by atoms with Gasteiger partial charge in [-0.2, -0.15) is 4.72 Å². The van der Waals surface area contributed by atoms with Gasteiger partial charge in [-0.1, -0.05) is 35.9 Å². The predicted molar refractivity (Wildman–Crippen MR) is 90.8 cm³/mol. The smallest absolute Gasteiger partial charge is 0.242 e. The van der Waals surface area contributed by atoms with Gasteiger partial charge in [-0.05, 0) is 44.5 Å². The Morgan fingerprint density at radius 1 is 1.00 bits per heavy atom. The summed E-state index contributed by atoms with van der Waals surface area (Å²) in [5.41, 5.74) is 2.54. The van der Waals surface area contributed by atoms with Crippen LogP contribution < -0.4 is 10.0 Å². The lowest BCUT2D eigenvalue weighted by Crippen LogP contribution is -2.41. The topological polar surface area (TPSA) is 75.3 Å². The normalized spacial score (nSPS) is 12.7. The van der Waals surface area contributed by atoms with E-state index in [4.69, 9.17) is 0 Å². The molecule has 122 valence electrons. The maximum Gasteiger partial charge on any atom is 0.242 e. The van der Waals surface area contributed by atoms with Gasteiger partial charge in [-0.3, -0.25) is 4.79 Å². The second-order valence-corrected chi connectivity index (χ2v) is 7.17. The molecule has 1 amide bonds. The van der Waals surface area contributed by atoms with Crippen LogP contribution in [-0.4, -0.2) is 20.4 Å². The molecule has 0 aliphatic rings. The number of anilines is 1. The highest BCUT2D eigenvalue weighted by molar-refractivity contribution is 7.89. The fourth-order valence-electron chi connectivity index (χ4n) is 2.03. The van der Waals surface area contributed by atoms with Gasteiger partial charge < -0.3 is 5.32 Å². The number of aryl methyl sites for hydroxylation is 2. The Kier molecular flexibility index (Phi) is 5.18. The van der Waals surface area contributed by atoms with Gasteiger partial charge in [-0.15, -0.1) is 0 Å². The van der Waals surface area contributed by atoms with E-state index in [1.54, 1.807) is 18.2 Å². The summed E-state index contributed by atoms with van der Waals surface area (Å²) in [6.45, 7) is 5.26. The number of amides is 1. The molecule has 5 nitrogen and oxygen atoms in total. The molecule has 1 atom stereocenters. The summed E-state index contributed by atoms with van der Waals surface area (Å²) in [6.07, 6.45) is 0. The van der Waals surface area contributed by atoms with E-state index in [2.05, 4.69) is 10.0 Å². The van der Waals surface area contributed by atoms with Crippen LogP contribution in [0.4, 0.5) is 5.69 Å². The van der Waals surface area contributed by atoms with Crippen molar-refractivity contribution in [1.82, 2.24) is 4.72 Å². The minimum Gasteiger partial charge on any atom is -0.324 e. The monoisotopic (exact) mass is 332 g/mol. The Morgan fingerprint density at radius 2 is 1.61 bits per heavy atom. The molecule has 0 fully saturated rings. The van der Waals surface area contributed by atoms with Crippen molar-refractivity contribution in [3.63, 3.8) is 0 Å². The third-order valence-corrected chi connectivity index (χ3v) is 5.02. The van der Waals surface area contributed by atoms with Gasteiger partial charge in [0.25, 0.3) is 0 Å². The number of para-hydroxylation sites is 1. The van der Waals surface area contributed by atoms with Gasteiger partial charge >= 0.3 is 0 Å². The first-order valence-electron chi connectivity index (χ1n) is 7.25. The number of carbonyl (C=O) groups is 1. The molecule has 2 rings (SSSR count). The van der Waals surface area contributed by atoms with Crippen LogP contribution in [0, 0.1) is 13.8 Å². The number of sulfonamides is 1. The number of carbonyl (C=O) groups excluding carboxylic acids is 1. The zero-order chi connectivity index (χ0) is 17.0. The Morgan fingerprint density at radius 3 is 2.22 bits per heavy atom. The average Bonchev–Trinajstić information content (AvgIpc) is 2.49. The van der Waals surface area contributed by atoms with E-state index in [0.717, 1.165) is 11.1 Å². The van der Waals surface area contributed by atoms with Gasteiger partial charge in [0, 0.05) is 5.69 Å². The van der Waals surface area contributed by atoms with Crippen molar-refractivity contribution in [1.29, 1.82) is 0 Å². The maximum absolute atomic E-state index is 12.3. The van der Waals surface area contributed by atoms with Gasteiger partial charge in [0.15, 0.2) is 0 Å². The van der Waals surface area contributed by atoms with E-state index in [1.807, 2.05) is 32.0 Å². The number of hydrogen-bond donors (Lipinski definition) is 2. The van der Waals surface area contributed by atoms with Crippen molar-refractivity contribution in [2.75, 3.05) is 5.32 Å².